The number of ether oxygens (including phenoxy) is 1. The molecule has 0 spiro atoms. The summed E-state index contributed by atoms with van der Waals surface area (Å²) in [4.78, 5) is 7.37. The molecule has 2 aliphatic rings. The van der Waals surface area contributed by atoms with Gasteiger partial charge in [0.1, 0.15) is 0 Å². The van der Waals surface area contributed by atoms with Crippen LogP contribution in [0, 0.1) is 5.92 Å². The van der Waals surface area contributed by atoms with Gasteiger partial charge in [-0.2, -0.15) is 0 Å². The Morgan fingerprint density at radius 1 is 1.17 bits per heavy atom. The predicted octanol–water partition coefficient (Wildman–Crippen LogP) is 2.46. The standard InChI is InChI=1S/C17H34N4O.HI/c1-3-9-21-10-7-15(8-11-21)13-19-17(18-4-2)20-14-16-6-5-12-22-16;/h15-16H,3-14H2,1-2H3,(H2,18,19,20);1H. The van der Waals surface area contributed by atoms with Crippen LogP contribution in [0.3, 0.4) is 0 Å². The summed E-state index contributed by atoms with van der Waals surface area (Å²) in [6.07, 6.45) is 6.56. The third kappa shape index (κ3) is 8.03. The van der Waals surface area contributed by atoms with E-state index in [0.29, 0.717) is 6.10 Å². The van der Waals surface area contributed by atoms with E-state index in [1.54, 1.807) is 0 Å². The molecular formula is C17H35IN4O. The van der Waals surface area contributed by atoms with Gasteiger partial charge in [0.2, 0.25) is 0 Å². The second-order valence-electron chi connectivity index (χ2n) is 6.52. The van der Waals surface area contributed by atoms with E-state index < -0.39 is 0 Å². The van der Waals surface area contributed by atoms with E-state index >= 15 is 0 Å². The highest BCUT2D eigenvalue weighted by Gasteiger charge is 2.19. The minimum atomic E-state index is 0. The Balaban J connectivity index is 0.00000264. The zero-order valence-electron chi connectivity index (χ0n) is 14.9. The van der Waals surface area contributed by atoms with E-state index in [9.17, 15) is 0 Å². The van der Waals surface area contributed by atoms with Crippen LogP contribution in [0.15, 0.2) is 4.99 Å². The average Bonchev–Trinajstić information content (AvgIpc) is 3.05. The molecule has 0 amide bonds. The van der Waals surface area contributed by atoms with Crippen molar-refractivity contribution in [3.05, 3.63) is 0 Å². The average molecular weight is 438 g/mol. The van der Waals surface area contributed by atoms with Gasteiger partial charge in [0, 0.05) is 26.2 Å². The maximum Gasteiger partial charge on any atom is 0.191 e. The molecule has 0 aromatic rings. The first-order valence-electron chi connectivity index (χ1n) is 9.18. The van der Waals surface area contributed by atoms with E-state index in [1.807, 2.05) is 0 Å². The van der Waals surface area contributed by atoms with Gasteiger partial charge in [-0.1, -0.05) is 6.92 Å². The fraction of sp³-hybridized carbons (Fsp3) is 0.941. The second kappa shape index (κ2) is 12.3. The van der Waals surface area contributed by atoms with Crippen molar-refractivity contribution in [1.82, 2.24) is 15.5 Å². The minimum absolute atomic E-state index is 0. The molecule has 2 heterocycles. The lowest BCUT2D eigenvalue weighted by atomic mass is 9.97. The van der Waals surface area contributed by atoms with Crippen LogP contribution in [0.5, 0.6) is 0 Å². The summed E-state index contributed by atoms with van der Waals surface area (Å²) in [5.41, 5.74) is 0. The third-order valence-corrected chi connectivity index (χ3v) is 4.62. The Labute approximate surface area is 159 Å². The SMILES string of the molecule is CCCN1CCC(CN=C(NCC)NCC2CCCO2)CC1.I. The highest BCUT2D eigenvalue weighted by molar-refractivity contribution is 14.0. The summed E-state index contributed by atoms with van der Waals surface area (Å²) in [6.45, 7) is 11.8. The number of guanidine groups is 1. The number of halogens is 1. The van der Waals surface area contributed by atoms with Gasteiger partial charge in [0.25, 0.3) is 0 Å². The second-order valence-corrected chi connectivity index (χ2v) is 6.52. The van der Waals surface area contributed by atoms with Crippen LogP contribution >= 0.6 is 24.0 Å². The summed E-state index contributed by atoms with van der Waals surface area (Å²) in [7, 11) is 0. The molecule has 2 aliphatic heterocycles. The van der Waals surface area contributed by atoms with E-state index in [4.69, 9.17) is 9.73 Å². The molecule has 136 valence electrons. The van der Waals surface area contributed by atoms with Crippen molar-refractivity contribution in [1.29, 1.82) is 0 Å². The first-order chi connectivity index (χ1) is 10.8. The number of likely N-dealkylation sites (tertiary alicyclic amines) is 1. The van der Waals surface area contributed by atoms with Crippen LogP contribution in [-0.4, -0.2) is 62.8 Å². The van der Waals surface area contributed by atoms with Gasteiger partial charge in [-0.05, 0) is 64.6 Å². The molecule has 2 saturated heterocycles. The molecule has 0 radical (unpaired) electrons. The van der Waals surface area contributed by atoms with Crippen LogP contribution in [0.25, 0.3) is 0 Å². The number of piperidine rings is 1. The van der Waals surface area contributed by atoms with Crippen molar-refractivity contribution in [2.75, 3.05) is 45.9 Å². The Bertz CT molecular complexity index is 327. The lowest BCUT2D eigenvalue weighted by molar-refractivity contribution is 0.113. The molecule has 5 nitrogen and oxygen atoms in total. The zero-order valence-corrected chi connectivity index (χ0v) is 17.2. The highest BCUT2D eigenvalue weighted by atomic mass is 127. The molecule has 1 unspecified atom stereocenters. The van der Waals surface area contributed by atoms with Crippen LogP contribution in [0.1, 0.15) is 46.0 Å². The maximum atomic E-state index is 5.66. The monoisotopic (exact) mass is 438 g/mol. The fourth-order valence-electron chi connectivity index (χ4n) is 3.29. The zero-order chi connectivity index (χ0) is 15.6. The summed E-state index contributed by atoms with van der Waals surface area (Å²) < 4.78 is 5.66. The lowest BCUT2D eigenvalue weighted by Gasteiger charge is -2.31. The van der Waals surface area contributed by atoms with Gasteiger partial charge >= 0.3 is 0 Å². The summed E-state index contributed by atoms with van der Waals surface area (Å²) in [6, 6.07) is 0. The molecule has 23 heavy (non-hydrogen) atoms. The first-order valence-corrected chi connectivity index (χ1v) is 9.18. The molecule has 0 aromatic heterocycles. The first kappa shape index (κ1) is 21.0. The quantitative estimate of drug-likeness (QED) is 0.364. The molecule has 2 N–H and O–H groups in total. The number of rotatable bonds is 7. The molecular weight excluding hydrogens is 403 g/mol. The van der Waals surface area contributed by atoms with E-state index in [1.165, 1.54) is 51.7 Å². The Kier molecular flexibility index (Phi) is 11.2. The number of hydrogen-bond acceptors (Lipinski definition) is 3. The van der Waals surface area contributed by atoms with E-state index in [-0.39, 0.29) is 24.0 Å². The van der Waals surface area contributed by atoms with Crippen molar-refractivity contribution in [3.63, 3.8) is 0 Å². The van der Waals surface area contributed by atoms with Gasteiger partial charge < -0.3 is 20.3 Å². The van der Waals surface area contributed by atoms with Crippen molar-refractivity contribution in [2.24, 2.45) is 10.9 Å². The Morgan fingerprint density at radius 3 is 2.57 bits per heavy atom. The maximum absolute atomic E-state index is 5.66. The summed E-state index contributed by atoms with van der Waals surface area (Å²) >= 11 is 0. The third-order valence-electron chi connectivity index (χ3n) is 4.62. The topological polar surface area (TPSA) is 48.9 Å². The van der Waals surface area contributed by atoms with Crippen LogP contribution in [0.4, 0.5) is 0 Å². The van der Waals surface area contributed by atoms with Crippen molar-refractivity contribution < 1.29 is 4.74 Å². The summed E-state index contributed by atoms with van der Waals surface area (Å²) in [5.74, 6) is 1.69. The molecule has 1 atom stereocenters. The van der Waals surface area contributed by atoms with Gasteiger partial charge in [-0.25, -0.2) is 0 Å². The van der Waals surface area contributed by atoms with E-state index in [0.717, 1.165) is 38.1 Å². The van der Waals surface area contributed by atoms with E-state index in [2.05, 4.69) is 29.4 Å². The Hall–Kier alpha value is -0.0800. The highest BCUT2D eigenvalue weighted by Crippen LogP contribution is 2.17. The van der Waals surface area contributed by atoms with Crippen LogP contribution < -0.4 is 10.6 Å². The Morgan fingerprint density at radius 2 is 1.96 bits per heavy atom. The largest absolute Gasteiger partial charge is 0.376 e. The number of nitrogens with zero attached hydrogens (tertiary/aromatic N) is 2. The molecule has 2 fully saturated rings. The number of hydrogen-bond donors (Lipinski definition) is 2. The van der Waals surface area contributed by atoms with Gasteiger partial charge in [0.15, 0.2) is 5.96 Å². The predicted molar refractivity (Wildman–Crippen MR) is 108 cm³/mol. The van der Waals surface area contributed by atoms with Gasteiger partial charge in [0.05, 0.1) is 6.10 Å². The molecule has 0 bridgehead atoms. The molecule has 0 saturated carbocycles. The smallest absolute Gasteiger partial charge is 0.191 e. The fourth-order valence-corrected chi connectivity index (χ4v) is 3.29. The number of aliphatic imine (C=N–C) groups is 1. The van der Waals surface area contributed by atoms with Gasteiger partial charge in [-0.15, -0.1) is 24.0 Å². The minimum Gasteiger partial charge on any atom is -0.376 e. The van der Waals surface area contributed by atoms with Crippen molar-refractivity contribution >= 4 is 29.9 Å². The molecule has 2 rings (SSSR count). The summed E-state index contributed by atoms with van der Waals surface area (Å²) in [5, 5.41) is 6.78. The number of nitrogens with one attached hydrogen (secondary N) is 2. The van der Waals surface area contributed by atoms with Crippen molar-refractivity contribution in [2.45, 2.75) is 52.1 Å². The van der Waals surface area contributed by atoms with Crippen molar-refractivity contribution in [3.8, 4) is 0 Å². The normalized spacial score (nSPS) is 23.6. The van der Waals surface area contributed by atoms with Crippen LogP contribution in [-0.2, 0) is 4.74 Å². The lowest BCUT2D eigenvalue weighted by Crippen LogP contribution is -2.41. The van der Waals surface area contributed by atoms with Crippen LogP contribution in [0.2, 0.25) is 0 Å². The van der Waals surface area contributed by atoms with Gasteiger partial charge in [-0.3, -0.25) is 4.99 Å². The molecule has 6 heteroatoms. The molecule has 0 aromatic carbocycles. The molecule has 0 aliphatic carbocycles.